The summed E-state index contributed by atoms with van der Waals surface area (Å²) in [5.74, 6) is 1.20. The van der Waals surface area contributed by atoms with Crippen LogP contribution in [0.25, 0.3) is 0 Å². The van der Waals surface area contributed by atoms with E-state index in [-0.39, 0.29) is 39.8 Å². The molecule has 6 rings (SSSR count). The lowest BCUT2D eigenvalue weighted by atomic mass is 9.88. The molecule has 0 saturated carbocycles. The van der Waals surface area contributed by atoms with Crippen molar-refractivity contribution >= 4 is 57.8 Å². The fourth-order valence-corrected chi connectivity index (χ4v) is 7.14. The predicted molar refractivity (Wildman–Crippen MR) is 233 cm³/mol. The number of pyridine rings is 1. The topological polar surface area (TPSA) is 123 Å². The van der Waals surface area contributed by atoms with Gasteiger partial charge in [0, 0.05) is 41.7 Å². The summed E-state index contributed by atoms with van der Waals surface area (Å²) in [6.45, 7) is 7.27. The van der Waals surface area contributed by atoms with Gasteiger partial charge in [0.05, 0.1) is 12.2 Å². The number of amides is 2. The predicted octanol–water partition coefficient (Wildman–Crippen LogP) is 8.85. The Kier molecular flexibility index (Phi) is 14.2. The lowest BCUT2D eigenvalue weighted by Crippen LogP contribution is -2.35. The van der Waals surface area contributed by atoms with Crippen LogP contribution in [0.15, 0.2) is 121 Å². The maximum atomic E-state index is 12.8. The number of nitrogens with one attached hydrogen (secondary N) is 4. The number of thiocarbonyl (C=S) groups is 2. The van der Waals surface area contributed by atoms with Gasteiger partial charge < -0.3 is 24.8 Å². The number of nitrogens with zero attached hydrogens (tertiary/aromatic N) is 1. The van der Waals surface area contributed by atoms with Gasteiger partial charge in [0.1, 0.15) is 24.2 Å². The van der Waals surface area contributed by atoms with E-state index in [4.69, 9.17) is 38.6 Å². The highest BCUT2D eigenvalue weighted by molar-refractivity contribution is 7.80. The van der Waals surface area contributed by atoms with Crippen molar-refractivity contribution in [3.8, 4) is 11.5 Å². The highest BCUT2D eigenvalue weighted by Gasteiger charge is 2.30. The zero-order chi connectivity index (χ0) is 40.1. The fraction of sp³-hybridized carbons (Fsp3) is 0.267. The number of carbonyl (C=O) groups is 2. The van der Waals surface area contributed by atoms with Crippen molar-refractivity contribution in [2.24, 2.45) is 5.92 Å². The number of hydrogen-bond donors (Lipinski definition) is 4. The van der Waals surface area contributed by atoms with Crippen molar-refractivity contribution in [3.63, 3.8) is 0 Å². The lowest BCUT2D eigenvalue weighted by molar-refractivity contribution is -0.119. The second kappa shape index (κ2) is 19.8. The van der Waals surface area contributed by atoms with Gasteiger partial charge in [0.15, 0.2) is 16.0 Å². The number of ether oxygens (including phenoxy) is 3. The standard InChI is InChI=1S/C45H47N5O5S2/c1-4-10-31-18-17-30(27-53-37-15-8-14-35(25-37)47-45(57)50-43(52)41-24-32-12-6-7-16-40(32)55-41)23-38(31)34(11-5-2)28-54-39-20-19-36(22-29(39)3)48-44(56)49-42(51)33-13-9-21-46-26-33/h6-9,12-26,32,34,40H,4-5,10-11,27-28H2,1-3H3,(H2,47,50,52,57)(H2,48,49,51,56). The minimum atomic E-state index is -0.391. The number of rotatable bonds is 15. The zero-order valence-corrected chi connectivity index (χ0v) is 33.9. The van der Waals surface area contributed by atoms with E-state index in [1.165, 1.54) is 17.3 Å². The molecule has 1 aliphatic heterocycles. The van der Waals surface area contributed by atoms with Crippen LogP contribution in [0.2, 0.25) is 0 Å². The Morgan fingerprint density at radius 1 is 0.860 bits per heavy atom. The summed E-state index contributed by atoms with van der Waals surface area (Å²) in [7, 11) is 0. The van der Waals surface area contributed by atoms with Gasteiger partial charge in [0.25, 0.3) is 11.8 Å². The van der Waals surface area contributed by atoms with Crippen LogP contribution in [-0.4, -0.2) is 39.7 Å². The van der Waals surface area contributed by atoms with Crippen LogP contribution < -0.4 is 30.7 Å². The molecule has 0 radical (unpaired) electrons. The summed E-state index contributed by atoms with van der Waals surface area (Å²) in [5, 5.41) is 11.9. The molecule has 10 nitrogen and oxygen atoms in total. The van der Waals surface area contributed by atoms with Gasteiger partial charge >= 0.3 is 0 Å². The molecular weight excluding hydrogens is 755 g/mol. The van der Waals surface area contributed by atoms with E-state index in [2.05, 4.69) is 58.3 Å². The van der Waals surface area contributed by atoms with Crippen LogP contribution in [0.3, 0.4) is 0 Å². The second-order valence-electron chi connectivity index (χ2n) is 13.9. The van der Waals surface area contributed by atoms with Gasteiger partial charge in [-0.3, -0.25) is 25.2 Å². The Morgan fingerprint density at radius 3 is 2.39 bits per heavy atom. The number of hydrogen-bond acceptors (Lipinski definition) is 8. The summed E-state index contributed by atoms with van der Waals surface area (Å²) < 4.78 is 18.5. The quantitative estimate of drug-likeness (QED) is 0.0868. The molecule has 2 heterocycles. The smallest absolute Gasteiger partial charge is 0.292 e. The van der Waals surface area contributed by atoms with Gasteiger partial charge in [-0.1, -0.05) is 69.2 Å². The minimum Gasteiger partial charge on any atom is -0.493 e. The fourth-order valence-electron chi connectivity index (χ4n) is 6.72. The van der Waals surface area contributed by atoms with Crippen molar-refractivity contribution in [1.82, 2.24) is 15.6 Å². The van der Waals surface area contributed by atoms with Gasteiger partial charge in [-0.05, 0) is 121 Å². The van der Waals surface area contributed by atoms with Crippen LogP contribution in [0.5, 0.6) is 11.5 Å². The summed E-state index contributed by atoms with van der Waals surface area (Å²) in [4.78, 5) is 29.3. The SMILES string of the molecule is CCCc1ccc(COc2cccc(NC(=S)NC(=O)C3=CC4C=CC=CC4O3)c2)cc1C(CCC)COc1ccc(NC(=S)NC(=O)c2cccnc2)cc1C. The molecule has 3 aromatic carbocycles. The monoisotopic (exact) mass is 801 g/mol. The van der Waals surface area contributed by atoms with Gasteiger partial charge in [-0.2, -0.15) is 0 Å². The number of allylic oxidation sites excluding steroid dienone is 2. The lowest BCUT2D eigenvalue weighted by Gasteiger charge is -2.23. The molecule has 294 valence electrons. The third kappa shape index (κ3) is 11.4. The Morgan fingerprint density at radius 2 is 1.65 bits per heavy atom. The van der Waals surface area contributed by atoms with E-state index in [1.54, 1.807) is 18.3 Å². The number of aryl methyl sites for hydroxylation is 2. The Labute approximate surface area is 344 Å². The number of fused-ring (bicyclic) bond motifs is 1. The third-order valence-corrected chi connectivity index (χ3v) is 9.92. The van der Waals surface area contributed by atoms with Crippen LogP contribution in [0.1, 0.15) is 71.6 Å². The molecule has 0 fully saturated rings. The average molecular weight is 802 g/mol. The number of aromatic nitrogens is 1. The van der Waals surface area contributed by atoms with E-state index >= 15 is 0 Å². The Hall–Kier alpha value is -5.85. The maximum Gasteiger partial charge on any atom is 0.292 e. The molecule has 0 bridgehead atoms. The molecule has 3 unspecified atom stereocenters. The molecule has 0 saturated heterocycles. The van der Waals surface area contributed by atoms with Crippen LogP contribution in [-0.2, 0) is 22.6 Å². The van der Waals surface area contributed by atoms with Crippen LogP contribution in [0, 0.1) is 12.8 Å². The summed E-state index contributed by atoms with van der Waals surface area (Å²) in [5.41, 5.74) is 6.45. The molecule has 2 amide bonds. The summed E-state index contributed by atoms with van der Waals surface area (Å²) in [6, 6.07) is 23.2. The highest BCUT2D eigenvalue weighted by Crippen LogP contribution is 2.31. The minimum absolute atomic E-state index is 0.0427. The van der Waals surface area contributed by atoms with E-state index in [0.29, 0.717) is 30.2 Å². The molecule has 4 N–H and O–H groups in total. The van der Waals surface area contributed by atoms with Gasteiger partial charge in [-0.15, -0.1) is 0 Å². The largest absolute Gasteiger partial charge is 0.493 e. The highest BCUT2D eigenvalue weighted by atomic mass is 32.1. The van der Waals surface area contributed by atoms with Gasteiger partial charge in [0.2, 0.25) is 0 Å². The Balaban J connectivity index is 1.05. The first-order valence-electron chi connectivity index (χ1n) is 19.1. The number of carbonyl (C=O) groups excluding carboxylic acids is 2. The third-order valence-electron chi connectivity index (χ3n) is 9.51. The van der Waals surface area contributed by atoms with Crippen molar-refractivity contribution in [3.05, 3.63) is 149 Å². The molecular formula is C45H47N5O5S2. The number of benzene rings is 3. The van der Waals surface area contributed by atoms with Crippen molar-refractivity contribution in [2.75, 3.05) is 17.2 Å². The molecule has 2 aliphatic rings. The maximum absolute atomic E-state index is 12.8. The van der Waals surface area contributed by atoms with Crippen LogP contribution in [0.4, 0.5) is 11.4 Å². The average Bonchev–Trinajstić information content (AvgIpc) is 3.65. The summed E-state index contributed by atoms with van der Waals surface area (Å²) in [6.07, 6.45) is 16.5. The number of anilines is 2. The first-order valence-corrected chi connectivity index (χ1v) is 20.0. The van der Waals surface area contributed by atoms with E-state index in [9.17, 15) is 9.59 Å². The molecule has 12 heteroatoms. The van der Waals surface area contributed by atoms with Crippen LogP contribution >= 0.6 is 24.4 Å². The van der Waals surface area contributed by atoms with Crippen molar-refractivity contribution in [1.29, 1.82) is 0 Å². The van der Waals surface area contributed by atoms with E-state index in [0.717, 1.165) is 48.2 Å². The molecule has 3 atom stereocenters. The molecule has 0 spiro atoms. The van der Waals surface area contributed by atoms with E-state index in [1.807, 2.05) is 79.8 Å². The Bertz CT molecular complexity index is 2190. The molecule has 4 aromatic rings. The summed E-state index contributed by atoms with van der Waals surface area (Å²) >= 11 is 10.8. The zero-order valence-electron chi connectivity index (χ0n) is 32.2. The van der Waals surface area contributed by atoms with Crippen molar-refractivity contribution in [2.45, 2.75) is 65.1 Å². The van der Waals surface area contributed by atoms with Gasteiger partial charge in [-0.25, -0.2) is 0 Å². The molecule has 1 aromatic heterocycles. The first kappa shape index (κ1) is 40.8. The molecule has 1 aliphatic carbocycles. The second-order valence-corrected chi connectivity index (χ2v) is 14.7. The molecule has 57 heavy (non-hydrogen) atoms. The first-order chi connectivity index (χ1) is 27.7. The van der Waals surface area contributed by atoms with Crippen molar-refractivity contribution < 1.29 is 23.8 Å². The normalized spacial score (nSPS) is 15.7. The van der Waals surface area contributed by atoms with E-state index < -0.39 is 5.91 Å².